The van der Waals surface area contributed by atoms with Gasteiger partial charge >= 0.3 is 5.63 Å². The zero-order valence-corrected chi connectivity index (χ0v) is 15.4. The van der Waals surface area contributed by atoms with Crippen molar-refractivity contribution in [2.24, 2.45) is 0 Å². The molecule has 1 N–H and O–H groups in total. The molecule has 7 nitrogen and oxygen atoms in total. The lowest BCUT2D eigenvalue weighted by atomic mass is 10.1. The molecule has 2 heterocycles. The maximum Gasteiger partial charge on any atom is 0.349 e. The smallest absolute Gasteiger partial charge is 0.349 e. The fourth-order valence-corrected chi connectivity index (χ4v) is 3.23. The zero-order chi connectivity index (χ0) is 19.8. The number of hydrogen-bond acceptors (Lipinski definition) is 5. The number of nitrogens with zero attached hydrogens (tertiary/aromatic N) is 1. The first-order valence-electron chi connectivity index (χ1n) is 8.94. The molecule has 1 aliphatic heterocycles. The Labute approximate surface area is 160 Å². The molecule has 0 aliphatic carbocycles. The highest BCUT2D eigenvalue weighted by Crippen LogP contribution is 2.36. The summed E-state index contributed by atoms with van der Waals surface area (Å²) in [6.45, 7) is 4.04. The number of hydrogen-bond donors (Lipinski definition) is 1. The number of likely N-dealkylation sites (N-methyl/N-ethyl adjacent to an activating group) is 1. The van der Waals surface area contributed by atoms with Gasteiger partial charge in [0.25, 0.3) is 11.8 Å². The summed E-state index contributed by atoms with van der Waals surface area (Å²) in [4.78, 5) is 38.7. The number of benzene rings is 2. The number of amides is 2. The van der Waals surface area contributed by atoms with Gasteiger partial charge in [0.1, 0.15) is 16.9 Å². The quantitative estimate of drug-likeness (QED) is 0.707. The summed E-state index contributed by atoms with van der Waals surface area (Å²) >= 11 is 0. The highest BCUT2D eigenvalue weighted by Gasteiger charge is 2.30. The van der Waals surface area contributed by atoms with Gasteiger partial charge in [-0.15, -0.1) is 0 Å². The van der Waals surface area contributed by atoms with E-state index >= 15 is 0 Å². The van der Waals surface area contributed by atoms with Gasteiger partial charge < -0.3 is 19.4 Å². The molecular formula is C21H18N2O5. The molecule has 3 aromatic rings. The average molecular weight is 378 g/mol. The first-order valence-corrected chi connectivity index (χ1v) is 8.94. The topological polar surface area (TPSA) is 88.8 Å². The molecule has 1 aliphatic rings. The minimum atomic E-state index is -0.711. The van der Waals surface area contributed by atoms with Crippen LogP contribution in [0.25, 0.3) is 11.0 Å². The summed E-state index contributed by atoms with van der Waals surface area (Å²) < 4.78 is 10.8. The van der Waals surface area contributed by atoms with Crippen LogP contribution >= 0.6 is 0 Å². The summed E-state index contributed by atoms with van der Waals surface area (Å²) in [5.41, 5.74) is 0.636. The molecule has 1 atom stereocenters. The van der Waals surface area contributed by atoms with Gasteiger partial charge in [-0.2, -0.15) is 0 Å². The lowest BCUT2D eigenvalue weighted by Crippen LogP contribution is -2.44. The zero-order valence-electron chi connectivity index (χ0n) is 15.4. The molecule has 2 aromatic carbocycles. The van der Waals surface area contributed by atoms with Crippen molar-refractivity contribution < 1.29 is 18.7 Å². The number of carbonyl (C=O) groups is 2. The third-order valence-corrected chi connectivity index (χ3v) is 4.63. The fourth-order valence-electron chi connectivity index (χ4n) is 3.23. The maximum absolute atomic E-state index is 12.6. The molecule has 4 rings (SSSR count). The summed E-state index contributed by atoms with van der Waals surface area (Å²) in [5.74, 6) is -0.162. The van der Waals surface area contributed by atoms with Gasteiger partial charge in [-0.25, -0.2) is 4.79 Å². The molecule has 1 unspecified atom stereocenters. The average Bonchev–Trinajstić information content (AvgIpc) is 2.68. The Morgan fingerprint density at radius 2 is 1.93 bits per heavy atom. The Morgan fingerprint density at radius 1 is 1.14 bits per heavy atom. The van der Waals surface area contributed by atoms with E-state index in [1.165, 1.54) is 6.07 Å². The molecule has 28 heavy (non-hydrogen) atoms. The van der Waals surface area contributed by atoms with Crippen molar-refractivity contribution in [1.29, 1.82) is 0 Å². The molecule has 7 heteroatoms. The Balaban J connectivity index is 1.66. The van der Waals surface area contributed by atoms with E-state index in [0.29, 0.717) is 34.6 Å². The van der Waals surface area contributed by atoms with Crippen LogP contribution in [0, 0.1) is 0 Å². The number of rotatable bonds is 3. The van der Waals surface area contributed by atoms with Crippen LogP contribution in [0.3, 0.4) is 0 Å². The van der Waals surface area contributed by atoms with Crippen LogP contribution in [0.5, 0.6) is 5.75 Å². The van der Waals surface area contributed by atoms with Crippen LogP contribution in [-0.2, 0) is 4.79 Å². The minimum absolute atomic E-state index is 0.0929. The van der Waals surface area contributed by atoms with Crippen molar-refractivity contribution in [3.05, 3.63) is 64.5 Å². The van der Waals surface area contributed by atoms with Gasteiger partial charge in [-0.1, -0.05) is 18.2 Å². The Bertz CT molecular complexity index is 1150. The van der Waals surface area contributed by atoms with Crippen molar-refractivity contribution in [3.63, 3.8) is 0 Å². The maximum atomic E-state index is 12.6. The van der Waals surface area contributed by atoms with Crippen LogP contribution < -0.4 is 20.6 Å². The third-order valence-electron chi connectivity index (χ3n) is 4.63. The first-order chi connectivity index (χ1) is 13.5. The molecular weight excluding hydrogens is 360 g/mol. The van der Waals surface area contributed by atoms with Crippen molar-refractivity contribution in [2.45, 2.75) is 20.0 Å². The molecule has 0 fully saturated rings. The Kier molecular flexibility index (Phi) is 4.35. The number of ether oxygens (including phenoxy) is 1. The SMILES string of the molecule is CCN1C(=O)C(C)Oc2ccc(NC(=O)c3cc4ccccc4oc3=O)cc21. The van der Waals surface area contributed by atoms with E-state index in [1.807, 2.05) is 6.92 Å². The van der Waals surface area contributed by atoms with Crippen molar-refractivity contribution >= 4 is 34.2 Å². The monoisotopic (exact) mass is 378 g/mol. The van der Waals surface area contributed by atoms with E-state index in [4.69, 9.17) is 9.15 Å². The molecule has 142 valence electrons. The van der Waals surface area contributed by atoms with E-state index in [-0.39, 0.29) is 11.5 Å². The van der Waals surface area contributed by atoms with E-state index in [2.05, 4.69) is 5.32 Å². The van der Waals surface area contributed by atoms with Gasteiger partial charge in [0.2, 0.25) is 0 Å². The lowest BCUT2D eigenvalue weighted by Gasteiger charge is -2.32. The van der Waals surface area contributed by atoms with E-state index in [9.17, 15) is 14.4 Å². The third kappa shape index (κ3) is 3.00. The molecule has 1 aromatic heterocycles. The second kappa shape index (κ2) is 6.84. The molecule has 0 radical (unpaired) electrons. The predicted molar refractivity (Wildman–Crippen MR) is 105 cm³/mol. The summed E-state index contributed by atoms with van der Waals surface area (Å²) in [6.07, 6.45) is -0.560. The second-order valence-electron chi connectivity index (χ2n) is 6.46. The van der Waals surface area contributed by atoms with Gasteiger partial charge in [0.05, 0.1) is 5.69 Å². The first kappa shape index (κ1) is 17.8. The predicted octanol–water partition coefficient (Wildman–Crippen LogP) is 3.18. The molecule has 0 saturated heterocycles. The lowest BCUT2D eigenvalue weighted by molar-refractivity contribution is -0.125. The Morgan fingerprint density at radius 3 is 2.71 bits per heavy atom. The van der Waals surface area contributed by atoms with Gasteiger partial charge in [0.15, 0.2) is 6.10 Å². The van der Waals surface area contributed by atoms with Crippen molar-refractivity contribution in [3.8, 4) is 5.75 Å². The molecule has 2 amide bonds. The largest absolute Gasteiger partial charge is 0.479 e. The van der Waals surface area contributed by atoms with E-state index in [0.717, 1.165) is 0 Å². The fraction of sp³-hybridized carbons (Fsp3) is 0.190. The van der Waals surface area contributed by atoms with Crippen LogP contribution in [0.15, 0.2) is 57.7 Å². The van der Waals surface area contributed by atoms with Crippen LogP contribution in [-0.4, -0.2) is 24.5 Å². The number of fused-ring (bicyclic) bond motifs is 2. The Hall–Kier alpha value is -3.61. The summed E-state index contributed by atoms with van der Waals surface area (Å²) in [7, 11) is 0. The highest BCUT2D eigenvalue weighted by molar-refractivity contribution is 6.06. The molecule has 0 bridgehead atoms. The van der Waals surface area contributed by atoms with Crippen LogP contribution in [0.2, 0.25) is 0 Å². The summed E-state index contributed by atoms with van der Waals surface area (Å²) in [5, 5.41) is 3.35. The van der Waals surface area contributed by atoms with E-state index < -0.39 is 17.6 Å². The number of anilines is 2. The number of carbonyl (C=O) groups excluding carboxylic acids is 2. The molecule has 0 spiro atoms. The molecule has 0 saturated carbocycles. The number of nitrogens with one attached hydrogen (secondary N) is 1. The van der Waals surface area contributed by atoms with Crippen molar-refractivity contribution in [1.82, 2.24) is 0 Å². The van der Waals surface area contributed by atoms with Crippen LogP contribution in [0.1, 0.15) is 24.2 Å². The minimum Gasteiger partial charge on any atom is -0.479 e. The normalized spacial score (nSPS) is 15.9. The summed E-state index contributed by atoms with van der Waals surface area (Å²) in [6, 6.07) is 13.5. The van der Waals surface area contributed by atoms with Gasteiger partial charge in [-0.05, 0) is 44.2 Å². The van der Waals surface area contributed by atoms with Crippen LogP contribution in [0.4, 0.5) is 11.4 Å². The highest BCUT2D eigenvalue weighted by atomic mass is 16.5. The standard InChI is InChI=1S/C21H18N2O5/c1-3-23-16-11-14(8-9-18(16)27-12(2)20(23)25)22-19(24)15-10-13-6-4-5-7-17(13)28-21(15)26/h4-12H,3H2,1-2H3,(H,22,24). The van der Waals surface area contributed by atoms with Gasteiger partial charge in [-0.3, -0.25) is 9.59 Å². The second-order valence-corrected chi connectivity index (χ2v) is 6.46. The van der Waals surface area contributed by atoms with E-state index in [1.54, 1.807) is 54.3 Å². The van der Waals surface area contributed by atoms with Gasteiger partial charge in [0, 0.05) is 17.6 Å². The number of para-hydroxylation sites is 1. The van der Waals surface area contributed by atoms with Crippen molar-refractivity contribution in [2.75, 3.05) is 16.8 Å².